The van der Waals surface area contributed by atoms with E-state index in [1.54, 1.807) is 35.7 Å². The number of esters is 1. The number of benzene rings is 2. The Hall–Kier alpha value is -2.03. The molecule has 2 aromatic carbocycles. The summed E-state index contributed by atoms with van der Waals surface area (Å²) in [5.41, 5.74) is 1.47. The highest BCUT2D eigenvalue weighted by molar-refractivity contribution is 8.38. The van der Waals surface area contributed by atoms with E-state index in [0.29, 0.717) is 11.3 Å². The van der Waals surface area contributed by atoms with Gasteiger partial charge in [0.15, 0.2) is 6.61 Å². The fourth-order valence-corrected chi connectivity index (χ4v) is 4.60. The van der Waals surface area contributed by atoms with Gasteiger partial charge in [0.25, 0.3) is 5.91 Å². The van der Waals surface area contributed by atoms with E-state index in [1.165, 1.54) is 12.1 Å². The van der Waals surface area contributed by atoms with Gasteiger partial charge in [0, 0.05) is 11.5 Å². The fraction of sp³-hybridized carbons (Fsp3) is 0.211. The third-order valence-corrected chi connectivity index (χ3v) is 6.30. The zero-order chi connectivity index (χ0) is 19.9. The van der Waals surface area contributed by atoms with Crippen molar-refractivity contribution in [3.63, 3.8) is 0 Å². The molecule has 1 N–H and O–H groups in total. The van der Waals surface area contributed by atoms with Gasteiger partial charge in [-0.05, 0) is 29.8 Å². The lowest BCUT2D eigenvalue weighted by atomic mass is 10.1. The average molecular weight is 439 g/mol. The second-order valence-corrected chi connectivity index (χ2v) is 8.40. The molecule has 1 aliphatic heterocycles. The van der Waals surface area contributed by atoms with Gasteiger partial charge in [-0.2, -0.15) is 0 Å². The van der Waals surface area contributed by atoms with Gasteiger partial charge >= 0.3 is 5.97 Å². The number of amides is 1. The van der Waals surface area contributed by atoms with Crippen LogP contribution in [0.2, 0.25) is 5.02 Å². The smallest absolute Gasteiger partial charge is 0.338 e. The normalized spacial score (nSPS) is 13.1. The van der Waals surface area contributed by atoms with Gasteiger partial charge in [-0.25, -0.2) is 9.18 Å². The maximum Gasteiger partial charge on any atom is 0.338 e. The van der Waals surface area contributed by atoms with Crippen molar-refractivity contribution in [3.05, 3.63) is 64.4 Å². The van der Waals surface area contributed by atoms with Gasteiger partial charge in [-0.1, -0.05) is 53.3 Å². The van der Waals surface area contributed by atoms with E-state index in [-0.39, 0.29) is 10.7 Å². The van der Waals surface area contributed by atoms with Crippen LogP contribution >= 0.6 is 35.1 Å². The standard InChI is InChI=1S/C19H16ClFN2O3S2/c20-15-9-13(21)5-6-16(15)23-17(24)10-26-18(25)14-4-2-1-3-12(14)11-28-19-22-7-8-27-19/h1-6,9H,7-8,10-11H2,(H,23,24). The summed E-state index contributed by atoms with van der Waals surface area (Å²) in [6.07, 6.45) is 0. The summed E-state index contributed by atoms with van der Waals surface area (Å²) in [5.74, 6) is -0.0814. The molecule has 3 rings (SSSR count). The Kier molecular flexibility index (Phi) is 7.36. The third-order valence-electron chi connectivity index (χ3n) is 3.69. The molecule has 0 atom stereocenters. The van der Waals surface area contributed by atoms with Crippen LogP contribution in [0.25, 0.3) is 0 Å². The van der Waals surface area contributed by atoms with Crippen molar-refractivity contribution in [1.82, 2.24) is 0 Å². The first-order valence-corrected chi connectivity index (χ1v) is 10.7. The van der Waals surface area contributed by atoms with Crippen LogP contribution in [0.4, 0.5) is 10.1 Å². The Bertz CT molecular complexity index is 924. The molecule has 0 fully saturated rings. The summed E-state index contributed by atoms with van der Waals surface area (Å²) in [7, 11) is 0. The number of hydrogen-bond donors (Lipinski definition) is 1. The van der Waals surface area contributed by atoms with Crippen LogP contribution in [0.3, 0.4) is 0 Å². The van der Waals surface area contributed by atoms with Gasteiger partial charge in [-0.3, -0.25) is 9.79 Å². The van der Waals surface area contributed by atoms with Crippen LogP contribution in [0.1, 0.15) is 15.9 Å². The molecule has 5 nitrogen and oxygen atoms in total. The summed E-state index contributed by atoms with van der Waals surface area (Å²) in [5, 5.41) is 2.55. The van der Waals surface area contributed by atoms with Crippen molar-refractivity contribution < 1.29 is 18.7 Å². The van der Waals surface area contributed by atoms with Gasteiger partial charge in [0.1, 0.15) is 10.2 Å². The topological polar surface area (TPSA) is 67.8 Å². The summed E-state index contributed by atoms with van der Waals surface area (Å²) >= 11 is 9.15. The predicted octanol–water partition coefficient (Wildman–Crippen LogP) is 4.61. The number of anilines is 1. The second-order valence-electron chi connectivity index (χ2n) is 5.69. The second kappa shape index (κ2) is 9.95. The molecule has 0 aromatic heterocycles. The highest BCUT2D eigenvalue weighted by Crippen LogP contribution is 2.27. The first kappa shape index (κ1) is 20.7. The molecule has 1 amide bonds. The largest absolute Gasteiger partial charge is 0.452 e. The fourth-order valence-electron chi connectivity index (χ4n) is 2.37. The number of carbonyl (C=O) groups is 2. The van der Waals surface area contributed by atoms with E-state index in [9.17, 15) is 14.0 Å². The van der Waals surface area contributed by atoms with Gasteiger partial charge in [-0.15, -0.1) is 0 Å². The maximum atomic E-state index is 13.0. The van der Waals surface area contributed by atoms with Gasteiger partial charge < -0.3 is 10.1 Å². The molecule has 1 aliphatic rings. The minimum absolute atomic E-state index is 0.0646. The number of carbonyl (C=O) groups excluding carboxylic acids is 2. The number of halogens is 2. The molecule has 0 bridgehead atoms. The van der Waals surface area contributed by atoms with Gasteiger partial charge in [0.05, 0.1) is 22.8 Å². The maximum absolute atomic E-state index is 13.0. The Morgan fingerprint density at radius 2 is 2.11 bits per heavy atom. The van der Waals surface area contributed by atoms with Crippen LogP contribution < -0.4 is 5.32 Å². The number of hydrogen-bond acceptors (Lipinski definition) is 6. The number of rotatable bonds is 6. The zero-order valence-corrected chi connectivity index (χ0v) is 17.0. The number of ether oxygens (including phenoxy) is 1. The van der Waals surface area contributed by atoms with Crippen molar-refractivity contribution in [3.8, 4) is 0 Å². The lowest BCUT2D eigenvalue weighted by molar-refractivity contribution is -0.119. The third kappa shape index (κ3) is 5.73. The average Bonchev–Trinajstić information content (AvgIpc) is 3.20. The van der Waals surface area contributed by atoms with Crippen LogP contribution in [0.5, 0.6) is 0 Å². The molecule has 2 aromatic rings. The SMILES string of the molecule is O=C(COC(=O)c1ccccc1CSC1=NCCS1)Nc1ccc(F)cc1Cl. The number of aliphatic imine (C=N–C) groups is 1. The van der Waals surface area contributed by atoms with Crippen molar-refractivity contribution in [2.45, 2.75) is 5.75 Å². The monoisotopic (exact) mass is 438 g/mol. The molecule has 0 radical (unpaired) electrons. The first-order valence-electron chi connectivity index (χ1n) is 8.33. The van der Waals surface area contributed by atoms with E-state index in [0.717, 1.165) is 28.3 Å². The molecular weight excluding hydrogens is 423 g/mol. The van der Waals surface area contributed by atoms with Crippen molar-refractivity contribution >= 4 is 57.1 Å². The minimum Gasteiger partial charge on any atom is -0.452 e. The minimum atomic E-state index is -0.586. The summed E-state index contributed by atoms with van der Waals surface area (Å²) < 4.78 is 19.2. The summed E-state index contributed by atoms with van der Waals surface area (Å²) in [4.78, 5) is 28.8. The Morgan fingerprint density at radius 1 is 1.29 bits per heavy atom. The molecule has 0 saturated carbocycles. The molecule has 9 heteroatoms. The van der Waals surface area contributed by atoms with Crippen molar-refractivity contribution in [2.24, 2.45) is 4.99 Å². The molecule has 0 spiro atoms. The first-order chi connectivity index (χ1) is 13.5. The van der Waals surface area contributed by atoms with Crippen LogP contribution in [-0.4, -0.2) is 35.2 Å². The molecule has 0 saturated heterocycles. The van der Waals surface area contributed by atoms with Crippen LogP contribution in [-0.2, 0) is 15.3 Å². The van der Waals surface area contributed by atoms with Crippen molar-refractivity contribution in [2.75, 3.05) is 24.2 Å². The van der Waals surface area contributed by atoms with E-state index in [1.807, 2.05) is 12.1 Å². The highest BCUT2D eigenvalue weighted by atomic mass is 35.5. The molecular formula is C19H16ClFN2O3S2. The molecule has 0 unspecified atom stereocenters. The Labute approximate surface area is 175 Å². The molecule has 28 heavy (non-hydrogen) atoms. The predicted molar refractivity (Wildman–Crippen MR) is 113 cm³/mol. The molecule has 1 heterocycles. The Morgan fingerprint density at radius 3 is 2.86 bits per heavy atom. The summed E-state index contributed by atoms with van der Waals surface area (Å²) in [6, 6.07) is 10.7. The van der Waals surface area contributed by atoms with Crippen molar-refractivity contribution in [1.29, 1.82) is 0 Å². The number of thioether (sulfide) groups is 2. The molecule has 0 aliphatic carbocycles. The van der Waals surface area contributed by atoms with E-state index in [4.69, 9.17) is 16.3 Å². The molecule has 146 valence electrons. The van der Waals surface area contributed by atoms with Crippen LogP contribution in [0.15, 0.2) is 47.5 Å². The van der Waals surface area contributed by atoms with E-state index < -0.39 is 24.3 Å². The number of nitrogens with one attached hydrogen (secondary N) is 1. The summed E-state index contributed by atoms with van der Waals surface area (Å²) in [6.45, 7) is 0.348. The quantitative estimate of drug-likeness (QED) is 0.667. The highest BCUT2D eigenvalue weighted by Gasteiger charge is 2.16. The zero-order valence-electron chi connectivity index (χ0n) is 14.6. The van der Waals surface area contributed by atoms with E-state index in [2.05, 4.69) is 10.3 Å². The van der Waals surface area contributed by atoms with Gasteiger partial charge in [0.2, 0.25) is 0 Å². The lowest BCUT2D eigenvalue weighted by Gasteiger charge is -2.10. The van der Waals surface area contributed by atoms with E-state index >= 15 is 0 Å². The lowest BCUT2D eigenvalue weighted by Crippen LogP contribution is -2.21. The number of nitrogens with zero attached hydrogens (tertiary/aromatic N) is 1. The van der Waals surface area contributed by atoms with Crippen LogP contribution in [0, 0.1) is 5.82 Å². The Balaban J connectivity index is 1.56.